The molecule has 132 valence electrons. The number of guanidine groups is 1. The first-order valence-corrected chi connectivity index (χ1v) is 8.03. The van der Waals surface area contributed by atoms with Crippen LogP contribution in [0.25, 0.3) is 0 Å². The van der Waals surface area contributed by atoms with Gasteiger partial charge in [-0.05, 0) is 30.9 Å². The number of hydrogen-bond donors (Lipinski definition) is 2. The van der Waals surface area contributed by atoms with Crippen LogP contribution < -0.4 is 10.6 Å². The lowest BCUT2D eigenvalue weighted by molar-refractivity contribution is 0.129. The quantitative estimate of drug-likeness (QED) is 0.256. The second-order valence-corrected chi connectivity index (χ2v) is 5.09. The van der Waals surface area contributed by atoms with Gasteiger partial charge < -0.3 is 15.4 Å². The highest BCUT2D eigenvalue weighted by atomic mass is 127. The van der Waals surface area contributed by atoms with Crippen LogP contribution >= 0.6 is 24.0 Å². The molecule has 0 aliphatic heterocycles. The highest BCUT2D eigenvalue weighted by Crippen LogP contribution is 2.05. The minimum absolute atomic E-state index is 0. The predicted octanol–water partition coefficient (Wildman–Crippen LogP) is 3.36. The van der Waals surface area contributed by atoms with E-state index >= 15 is 0 Å². The van der Waals surface area contributed by atoms with Crippen molar-refractivity contribution in [2.45, 2.75) is 32.6 Å². The van der Waals surface area contributed by atoms with Crippen molar-refractivity contribution in [1.29, 1.82) is 0 Å². The van der Waals surface area contributed by atoms with Crippen LogP contribution in [-0.2, 0) is 11.2 Å². The Morgan fingerprint density at radius 3 is 2.52 bits per heavy atom. The minimum Gasteiger partial charge on any atom is -0.381 e. The van der Waals surface area contributed by atoms with Crippen molar-refractivity contribution in [2.75, 3.05) is 33.4 Å². The summed E-state index contributed by atoms with van der Waals surface area (Å²) < 4.78 is 19.0. The van der Waals surface area contributed by atoms with E-state index < -0.39 is 0 Å². The summed E-state index contributed by atoms with van der Waals surface area (Å²) in [5, 5.41) is 6.41. The fraction of sp³-hybridized carbons (Fsp3) is 0.588. The molecule has 0 fully saturated rings. The van der Waals surface area contributed by atoms with E-state index in [1.165, 1.54) is 6.07 Å². The second-order valence-electron chi connectivity index (χ2n) is 5.09. The van der Waals surface area contributed by atoms with E-state index in [1.54, 1.807) is 19.2 Å². The van der Waals surface area contributed by atoms with E-state index in [4.69, 9.17) is 4.74 Å². The average molecular weight is 437 g/mol. The summed E-state index contributed by atoms with van der Waals surface area (Å²) in [6, 6.07) is 6.85. The highest BCUT2D eigenvalue weighted by molar-refractivity contribution is 14.0. The molecule has 0 saturated carbocycles. The molecule has 0 unspecified atom stereocenters. The van der Waals surface area contributed by atoms with Gasteiger partial charge in [-0.3, -0.25) is 4.99 Å². The Morgan fingerprint density at radius 1 is 1.13 bits per heavy atom. The predicted molar refractivity (Wildman–Crippen MR) is 105 cm³/mol. The van der Waals surface area contributed by atoms with Gasteiger partial charge in [0.1, 0.15) is 5.82 Å². The maximum Gasteiger partial charge on any atom is 0.190 e. The van der Waals surface area contributed by atoms with Crippen molar-refractivity contribution < 1.29 is 9.13 Å². The Kier molecular flexibility index (Phi) is 14.1. The fourth-order valence-electron chi connectivity index (χ4n) is 1.97. The maximum atomic E-state index is 13.5. The highest BCUT2D eigenvalue weighted by Gasteiger charge is 2.01. The Bertz CT molecular complexity index is 444. The molecule has 0 heterocycles. The summed E-state index contributed by atoms with van der Waals surface area (Å²) in [7, 11) is 1.73. The van der Waals surface area contributed by atoms with Gasteiger partial charge in [-0.25, -0.2) is 4.39 Å². The Balaban J connectivity index is 0.00000484. The zero-order chi connectivity index (χ0) is 16.0. The van der Waals surface area contributed by atoms with Gasteiger partial charge in [0.15, 0.2) is 5.96 Å². The maximum absolute atomic E-state index is 13.5. The third kappa shape index (κ3) is 10.5. The fourth-order valence-corrected chi connectivity index (χ4v) is 1.97. The Hall–Kier alpha value is -0.890. The average Bonchev–Trinajstić information content (AvgIpc) is 2.54. The molecule has 0 spiro atoms. The SMILES string of the molecule is CCCCOCCCNC(=NC)NCCc1ccccc1F.I. The van der Waals surface area contributed by atoms with Crippen LogP contribution in [0.15, 0.2) is 29.3 Å². The van der Waals surface area contributed by atoms with Crippen LogP contribution in [0.5, 0.6) is 0 Å². The number of nitrogens with zero attached hydrogens (tertiary/aromatic N) is 1. The number of halogens is 2. The lowest BCUT2D eigenvalue weighted by Gasteiger charge is -2.12. The summed E-state index contributed by atoms with van der Waals surface area (Å²) >= 11 is 0. The van der Waals surface area contributed by atoms with Gasteiger partial charge >= 0.3 is 0 Å². The Labute approximate surface area is 156 Å². The molecule has 1 rings (SSSR count). The lowest BCUT2D eigenvalue weighted by atomic mass is 10.1. The van der Waals surface area contributed by atoms with Crippen molar-refractivity contribution in [3.05, 3.63) is 35.6 Å². The summed E-state index contributed by atoms with van der Waals surface area (Å²) in [6.45, 7) is 5.21. The molecular weight excluding hydrogens is 408 g/mol. The molecule has 0 aromatic heterocycles. The van der Waals surface area contributed by atoms with Crippen LogP contribution in [0.1, 0.15) is 31.7 Å². The molecule has 1 aromatic rings. The van der Waals surface area contributed by atoms with Gasteiger partial charge in [0.25, 0.3) is 0 Å². The number of rotatable bonds is 10. The standard InChI is InChI=1S/C17H28FN3O.HI/c1-3-4-13-22-14-7-11-20-17(19-2)21-12-10-15-8-5-6-9-16(15)18;/h5-6,8-9H,3-4,7,10-14H2,1-2H3,(H2,19,20,21);1H. The monoisotopic (exact) mass is 437 g/mol. The summed E-state index contributed by atoms with van der Waals surface area (Å²) in [6.07, 6.45) is 3.86. The summed E-state index contributed by atoms with van der Waals surface area (Å²) in [5.74, 6) is 0.585. The number of hydrogen-bond acceptors (Lipinski definition) is 2. The molecule has 6 heteroatoms. The van der Waals surface area contributed by atoms with E-state index in [1.807, 2.05) is 6.07 Å². The molecule has 0 saturated heterocycles. The minimum atomic E-state index is -0.156. The van der Waals surface area contributed by atoms with Gasteiger partial charge in [0.2, 0.25) is 0 Å². The van der Waals surface area contributed by atoms with E-state index in [2.05, 4.69) is 22.5 Å². The number of benzene rings is 1. The normalized spacial score (nSPS) is 11.0. The van der Waals surface area contributed by atoms with E-state index in [0.29, 0.717) is 13.0 Å². The van der Waals surface area contributed by atoms with Crippen LogP contribution in [0, 0.1) is 5.82 Å². The lowest BCUT2D eigenvalue weighted by Crippen LogP contribution is -2.39. The first kappa shape index (κ1) is 22.1. The Morgan fingerprint density at radius 2 is 1.83 bits per heavy atom. The van der Waals surface area contributed by atoms with Gasteiger partial charge in [-0.2, -0.15) is 0 Å². The third-order valence-electron chi connectivity index (χ3n) is 3.27. The molecule has 0 aliphatic rings. The van der Waals surface area contributed by atoms with Gasteiger partial charge in [-0.15, -0.1) is 24.0 Å². The molecule has 4 nitrogen and oxygen atoms in total. The van der Waals surface area contributed by atoms with E-state index in [0.717, 1.165) is 50.5 Å². The topological polar surface area (TPSA) is 45.6 Å². The van der Waals surface area contributed by atoms with Crippen molar-refractivity contribution in [3.8, 4) is 0 Å². The van der Waals surface area contributed by atoms with E-state index in [9.17, 15) is 4.39 Å². The molecule has 0 radical (unpaired) electrons. The van der Waals surface area contributed by atoms with Crippen LogP contribution in [0.2, 0.25) is 0 Å². The van der Waals surface area contributed by atoms with Crippen LogP contribution in [0.3, 0.4) is 0 Å². The number of nitrogens with one attached hydrogen (secondary N) is 2. The first-order chi connectivity index (χ1) is 10.8. The number of ether oxygens (including phenoxy) is 1. The molecule has 2 N–H and O–H groups in total. The molecule has 0 aliphatic carbocycles. The molecule has 0 bridgehead atoms. The largest absolute Gasteiger partial charge is 0.381 e. The first-order valence-electron chi connectivity index (χ1n) is 8.03. The van der Waals surface area contributed by atoms with Gasteiger partial charge in [-0.1, -0.05) is 31.5 Å². The zero-order valence-electron chi connectivity index (χ0n) is 14.1. The molecule has 0 atom stereocenters. The second kappa shape index (κ2) is 14.7. The van der Waals surface area contributed by atoms with Crippen LogP contribution in [0.4, 0.5) is 4.39 Å². The smallest absolute Gasteiger partial charge is 0.190 e. The summed E-state index contributed by atoms with van der Waals surface area (Å²) in [5.41, 5.74) is 0.717. The molecule has 1 aromatic carbocycles. The van der Waals surface area contributed by atoms with Gasteiger partial charge in [0.05, 0.1) is 0 Å². The third-order valence-corrected chi connectivity index (χ3v) is 3.27. The molecule has 23 heavy (non-hydrogen) atoms. The number of aliphatic imine (C=N–C) groups is 1. The van der Waals surface area contributed by atoms with Crippen molar-refractivity contribution in [2.24, 2.45) is 4.99 Å². The molecular formula is C17H29FIN3O. The van der Waals surface area contributed by atoms with Crippen molar-refractivity contribution in [1.82, 2.24) is 10.6 Å². The van der Waals surface area contributed by atoms with Crippen LogP contribution in [-0.4, -0.2) is 39.3 Å². The van der Waals surface area contributed by atoms with E-state index in [-0.39, 0.29) is 29.8 Å². The van der Waals surface area contributed by atoms with Crippen molar-refractivity contribution >= 4 is 29.9 Å². The van der Waals surface area contributed by atoms with Crippen molar-refractivity contribution in [3.63, 3.8) is 0 Å². The molecule has 0 amide bonds. The number of unbranched alkanes of at least 4 members (excludes halogenated alkanes) is 1. The zero-order valence-corrected chi connectivity index (χ0v) is 16.4. The summed E-state index contributed by atoms with van der Waals surface area (Å²) in [4.78, 5) is 4.15. The van der Waals surface area contributed by atoms with Gasteiger partial charge in [0, 0.05) is 33.4 Å².